The molecule has 1 N–H and O–H groups in total. The summed E-state index contributed by atoms with van der Waals surface area (Å²) in [4.78, 5) is 11.4. The second-order valence-corrected chi connectivity index (χ2v) is 5.92. The van der Waals surface area contributed by atoms with Gasteiger partial charge in [-0.15, -0.1) is 35.3 Å². The minimum Gasteiger partial charge on any atom is -0.356 e. The van der Waals surface area contributed by atoms with Gasteiger partial charge in [-0.3, -0.25) is 4.99 Å². The van der Waals surface area contributed by atoms with Crippen molar-refractivity contribution in [3.05, 3.63) is 46.4 Å². The number of anilines is 1. The molecule has 1 aliphatic heterocycles. The number of halogens is 1. The smallest absolute Gasteiger partial charge is 0.198 e. The van der Waals surface area contributed by atoms with Gasteiger partial charge in [0.15, 0.2) is 5.96 Å². The Morgan fingerprint density at radius 1 is 1.41 bits per heavy atom. The number of aliphatic imine (C=N–C) groups is 1. The third-order valence-corrected chi connectivity index (χ3v) is 4.39. The Hall–Kier alpha value is -1.15. The molecule has 118 valence electrons. The van der Waals surface area contributed by atoms with Crippen molar-refractivity contribution < 1.29 is 0 Å². The van der Waals surface area contributed by atoms with Crippen LogP contribution in [0.5, 0.6) is 0 Å². The molecule has 0 fully saturated rings. The Bertz CT molecular complexity index is 612. The summed E-state index contributed by atoms with van der Waals surface area (Å²) in [7, 11) is 0. The first-order chi connectivity index (χ1) is 10.4. The highest BCUT2D eigenvalue weighted by atomic mass is 127. The van der Waals surface area contributed by atoms with E-state index in [1.165, 1.54) is 11.3 Å². The highest BCUT2D eigenvalue weighted by molar-refractivity contribution is 14.0. The Labute approximate surface area is 152 Å². The summed E-state index contributed by atoms with van der Waals surface area (Å²) in [6.07, 6.45) is 3.85. The van der Waals surface area contributed by atoms with Crippen LogP contribution in [0, 0.1) is 0 Å². The lowest BCUT2D eigenvalue weighted by molar-refractivity contribution is 0.869. The second-order valence-electron chi connectivity index (χ2n) is 4.94. The number of nitrogens with zero attached hydrogens (tertiary/aromatic N) is 3. The van der Waals surface area contributed by atoms with Crippen molar-refractivity contribution in [2.45, 2.75) is 19.8 Å². The summed E-state index contributed by atoms with van der Waals surface area (Å²) in [5.74, 6) is 0.985. The van der Waals surface area contributed by atoms with Crippen molar-refractivity contribution >= 4 is 47.0 Å². The van der Waals surface area contributed by atoms with E-state index >= 15 is 0 Å². The van der Waals surface area contributed by atoms with Gasteiger partial charge in [-0.25, -0.2) is 4.98 Å². The standard InChI is InChI=1S/C16H20N4S.HI/c1-2-17-16(19-9-7-15-18-10-12-21-15)20-11-8-13-5-3-4-6-14(13)20;/h3-6,10,12H,2,7-9,11H2,1H3,(H,17,19);1H. The van der Waals surface area contributed by atoms with Crippen molar-refractivity contribution in [2.24, 2.45) is 4.99 Å². The van der Waals surface area contributed by atoms with E-state index in [9.17, 15) is 0 Å². The maximum absolute atomic E-state index is 4.77. The van der Waals surface area contributed by atoms with Gasteiger partial charge in [0.25, 0.3) is 0 Å². The number of nitrogens with one attached hydrogen (secondary N) is 1. The quantitative estimate of drug-likeness (QED) is 0.462. The third-order valence-electron chi connectivity index (χ3n) is 3.55. The Morgan fingerprint density at radius 2 is 2.27 bits per heavy atom. The molecular formula is C16H21IN4S. The molecule has 4 nitrogen and oxygen atoms in total. The number of guanidine groups is 1. The molecule has 6 heteroatoms. The molecule has 2 heterocycles. The van der Waals surface area contributed by atoms with Gasteiger partial charge >= 0.3 is 0 Å². The summed E-state index contributed by atoms with van der Waals surface area (Å²) in [6, 6.07) is 8.58. The van der Waals surface area contributed by atoms with Gasteiger partial charge in [0.2, 0.25) is 0 Å². The fraction of sp³-hybridized carbons (Fsp3) is 0.375. The first-order valence-electron chi connectivity index (χ1n) is 7.40. The minimum atomic E-state index is 0. The molecular weight excluding hydrogens is 407 g/mol. The average molecular weight is 428 g/mol. The van der Waals surface area contributed by atoms with Crippen LogP contribution < -0.4 is 10.2 Å². The number of para-hydroxylation sites is 1. The molecule has 0 spiro atoms. The van der Waals surface area contributed by atoms with Crippen LogP contribution in [0.15, 0.2) is 40.8 Å². The van der Waals surface area contributed by atoms with Crippen LogP contribution >= 0.6 is 35.3 Å². The molecule has 0 saturated heterocycles. The SMILES string of the molecule is CCNC(=NCCc1nccs1)N1CCc2ccccc21.I. The van der Waals surface area contributed by atoms with Crippen LogP contribution in [0.4, 0.5) is 5.69 Å². The number of fused-ring (bicyclic) bond motifs is 1. The number of hydrogen-bond acceptors (Lipinski definition) is 3. The van der Waals surface area contributed by atoms with Crippen LogP contribution in [0.25, 0.3) is 0 Å². The van der Waals surface area contributed by atoms with Gasteiger partial charge < -0.3 is 10.2 Å². The molecule has 0 atom stereocenters. The molecule has 0 unspecified atom stereocenters. The number of hydrogen-bond donors (Lipinski definition) is 1. The van der Waals surface area contributed by atoms with Crippen LogP contribution in [-0.2, 0) is 12.8 Å². The second kappa shape index (κ2) is 8.47. The van der Waals surface area contributed by atoms with E-state index in [1.54, 1.807) is 11.3 Å². The molecule has 22 heavy (non-hydrogen) atoms. The molecule has 2 aromatic rings. The molecule has 0 radical (unpaired) electrons. The number of thiazole rings is 1. The fourth-order valence-electron chi connectivity index (χ4n) is 2.59. The van der Waals surface area contributed by atoms with E-state index in [2.05, 4.69) is 46.4 Å². The molecule has 1 aliphatic rings. The largest absolute Gasteiger partial charge is 0.356 e. The highest BCUT2D eigenvalue weighted by Crippen LogP contribution is 2.27. The summed E-state index contributed by atoms with van der Waals surface area (Å²) in [5.41, 5.74) is 2.69. The van der Waals surface area contributed by atoms with Crippen molar-refractivity contribution in [3.8, 4) is 0 Å². The molecule has 0 bridgehead atoms. The molecule has 0 saturated carbocycles. The third kappa shape index (κ3) is 3.98. The normalized spacial score (nSPS) is 13.7. The Morgan fingerprint density at radius 3 is 3.05 bits per heavy atom. The summed E-state index contributed by atoms with van der Waals surface area (Å²) in [6.45, 7) is 4.77. The van der Waals surface area contributed by atoms with Crippen LogP contribution in [0.1, 0.15) is 17.5 Å². The maximum Gasteiger partial charge on any atom is 0.198 e. The molecule has 1 aromatic carbocycles. The molecule has 3 rings (SSSR count). The lowest BCUT2D eigenvalue weighted by Crippen LogP contribution is -2.40. The number of aromatic nitrogens is 1. The highest BCUT2D eigenvalue weighted by Gasteiger charge is 2.22. The van der Waals surface area contributed by atoms with E-state index in [1.807, 2.05) is 11.6 Å². The van der Waals surface area contributed by atoms with E-state index in [4.69, 9.17) is 4.99 Å². The van der Waals surface area contributed by atoms with E-state index in [0.717, 1.165) is 43.4 Å². The molecule has 1 aromatic heterocycles. The summed E-state index contributed by atoms with van der Waals surface area (Å²) < 4.78 is 0. The van der Waals surface area contributed by atoms with Crippen LogP contribution in [0.2, 0.25) is 0 Å². The Balaban J connectivity index is 0.00000176. The van der Waals surface area contributed by atoms with Gasteiger partial charge in [-0.2, -0.15) is 0 Å². The first kappa shape index (κ1) is 17.2. The molecule has 0 amide bonds. The summed E-state index contributed by atoms with van der Waals surface area (Å²) >= 11 is 1.69. The maximum atomic E-state index is 4.77. The Kier molecular flexibility index (Phi) is 6.63. The van der Waals surface area contributed by atoms with Crippen LogP contribution in [-0.4, -0.2) is 30.6 Å². The average Bonchev–Trinajstić information content (AvgIpc) is 3.16. The van der Waals surface area contributed by atoms with Crippen molar-refractivity contribution in [1.29, 1.82) is 0 Å². The zero-order chi connectivity index (χ0) is 14.5. The predicted molar refractivity (Wildman–Crippen MR) is 105 cm³/mol. The summed E-state index contributed by atoms with van der Waals surface area (Å²) in [5, 5.41) is 6.57. The van der Waals surface area contributed by atoms with Gasteiger partial charge in [0.05, 0.1) is 5.01 Å². The van der Waals surface area contributed by atoms with E-state index in [-0.39, 0.29) is 24.0 Å². The van der Waals surface area contributed by atoms with Crippen molar-refractivity contribution in [3.63, 3.8) is 0 Å². The van der Waals surface area contributed by atoms with E-state index < -0.39 is 0 Å². The van der Waals surface area contributed by atoms with Crippen molar-refractivity contribution in [1.82, 2.24) is 10.3 Å². The van der Waals surface area contributed by atoms with Gasteiger partial charge in [-0.05, 0) is 25.0 Å². The van der Waals surface area contributed by atoms with Gasteiger partial charge in [0.1, 0.15) is 0 Å². The lowest BCUT2D eigenvalue weighted by Gasteiger charge is -2.22. The van der Waals surface area contributed by atoms with E-state index in [0.29, 0.717) is 0 Å². The monoisotopic (exact) mass is 428 g/mol. The number of rotatable bonds is 4. The topological polar surface area (TPSA) is 40.5 Å². The molecule has 0 aliphatic carbocycles. The predicted octanol–water partition coefficient (Wildman–Crippen LogP) is 3.33. The zero-order valence-corrected chi connectivity index (χ0v) is 15.8. The zero-order valence-electron chi connectivity index (χ0n) is 12.7. The van der Waals surface area contributed by atoms with Crippen molar-refractivity contribution in [2.75, 3.05) is 24.5 Å². The van der Waals surface area contributed by atoms with Gasteiger partial charge in [0, 0.05) is 43.3 Å². The van der Waals surface area contributed by atoms with Gasteiger partial charge in [-0.1, -0.05) is 18.2 Å². The number of benzene rings is 1. The first-order valence-corrected chi connectivity index (χ1v) is 8.28. The minimum absolute atomic E-state index is 0. The fourth-order valence-corrected chi connectivity index (χ4v) is 3.20. The lowest BCUT2D eigenvalue weighted by atomic mass is 10.2. The van der Waals surface area contributed by atoms with Crippen LogP contribution in [0.3, 0.4) is 0 Å².